The predicted molar refractivity (Wildman–Crippen MR) is 148 cm³/mol. The third-order valence-electron chi connectivity index (χ3n) is 6.92. The predicted octanol–water partition coefficient (Wildman–Crippen LogP) is 5.68. The molecule has 1 fully saturated rings. The average molecular weight is 513 g/mol. The molecule has 8 heteroatoms. The summed E-state index contributed by atoms with van der Waals surface area (Å²) in [6, 6.07) is 20.7. The number of pyridine rings is 1. The van der Waals surface area contributed by atoms with Gasteiger partial charge in [0.15, 0.2) is 5.11 Å². The number of carboxylic acid groups (broad SMARTS) is 1. The zero-order chi connectivity index (χ0) is 26.3. The number of nitrogens with one attached hydrogen (secondary N) is 1. The second-order valence-electron chi connectivity index (χ2n) is 9.17. The van der Waals surface area contributed by atoms with Crippen LogP contribution in [0.15, 0.2) is 72.9 Å². The number of carbonyl (C=O) groups is 1. The summed E-state index contributed by atoms with van der Waals surface area (Å²) in [6.45, 7) is 6.09. The Morgan fingerprint density at radius 2 is 1.86 bits per heavy atom. The number of rotatable bonds is 6. The largest absolute Gasteiger partial charge is 0.497 e. The number of hydrogen-bond donors (Lipinski definition) is 2. The van der Waals surface area contributed by atoms with Gasteiger partial charge in [-0.25, -0.2) is 4.79 Å². The summed E-state index contributed by atoms with van der Waals surface area (Å²) in [5, 5.41) is 13.7. The van der Waals surface area contributed by atoms with Gasteiger partial charge in [0.2, 0.25) is 0 Å². The highest BCUT2D eigenvalue weighted by molar-refractivity contribution is 7.80. The van der Waals surface area contributed by atoms with E-state index in [1.165, 1.54) is 0 Å². The molecule has 0 bridgehead atoms. The molecular formula is C29H28N4O3S. The fourth-order valence-corrected chi connectivity index (χ4v) is 5.50. The maximum Gasteiger partial charge on any atom is 0.335 e. The molecule has 188 valence electrons. The average Bonchev–Trinajstić information content (AvgIpc) is 3.39. The van der Waals surface area contributed by atoms with Crippen molar-refractivity contribution in [1.82, 2.24) is 14.9 Å². The number of anilines is 1. The van der Waals surface area contributed by atoms with E-state index in [4.69, 9.17) is 17.0 Å². The van der Waals surface area contributed by atoms with Crippen LogP contribution in [-0.4, -0.2) is 32.8 Å². The molecule has 37 heavy (non-hydrogen) atoms. The van der Waals surface area contributed by atoms with E-state index in [1.54, 1.807) is 25.4 Å². The maximum absolute atomic E-state index is 11.7. The Bertz CT molecular complexity index is 1500. The van der Waals surface area contributed by atoms with Crippen molar-refractivity contribution in [1.29, 1.82) is 0 Å². The topological polar surface area (TPSA) is 79.6 Å². The minimum atomic E-state index is -0.950. The van der Waals surface area contributed by atoms with E-state index in [0.717, 1.165) is 45.3 Å². The van der Waals surface area contributed by atoms with E-state index in [-0.39, 0.29) is 17.6 Å². The van der Waals surface area contributed by atoms with Crippen molar-refractivity contribution in [3.05, 3.63) is 107 Å². The number of aromatic nitrogens is 2. The molecule has 0 saturated carbocycles. The van der Waals surface area contributed by atoms with Crippen molar-refractivity contribution in [3.63, 3.8) is 0 Å². The highest BCUT2D eigenvalue weighted by Crippen LogP contribution is 2.44. The number of thiocarbonyl (C=S) groups is 1. The first-order valence-electron chi connectivity index (χ1n) is 12.0. The molecule has 0 unspecified atom stereocenters. The summed E-state index contributed by atoms with van der Waals surface area (Å²) in [5.41, 5.74) is 6.96. The molecule has 4 aromatic rings. The third-order valence-corrected chi connectivity index (χ3v) is 7.23. The number of methoxy groups -OCH3 is 1. The van der Waals surface area contributed by atoms with Crippen LogP contribution in [-0.2, 0) is 0 Å². The zero-order valence-electron chi connectivity index (χ0n) is 21.1. The van der Waals surface area contributed by atoms with Crippen molar-refractivity contribution < 1.29 is 14.6 Å². The van der Waals surface area contributed by atoms with Crippen LogP contribution in [0.2, 0.25) is 0 Å². The molecule has 2 N–H and O–H groups in total. The first-order chi connectivity index (χ1) is 17.8. The van der Waals surface area contributed by atoms with Gasteiger partial charge in [0, 0.05) is 35.0 Å². The quantitative estimate of drug-likeness (QED) is 0.322. The Labute approximate surface area is 221 Å². The van der Waals surface area contributed by atoms with Crippen molar-refractivity contribution in [2.45, 2.75) is 32.9 Å². The molecule has 1 aliphatic heterocycles. The number of aromatic carboxylic acids is 1. The summed E-state index contributed by atoms with van der Waals surface area (Å²) in [6.07, 6.45) is 1.79. The van der Waals surface area contributed by atoms with Crippen LogP contribution < -0.4 is 15.0 Å². The van der Waals surface area contributed by atoms with E-state index in [0.29, 0.717) is 5.11 Å². The van der Waals surface area contributed by atoms with E-state index >= 15 is 0 Å². The van der Waals surface area contributed by atoms with E-state index in [2.05, 4.69) is 32.8 Å². The van der Waals surface area contributed by atoms with Gasteiger partial charge in [-0.3, -0.25) is 4.98 Å². The Balaban J connectivity index is 1.70. The lowest BCUT2D eigenvalue weighted by Crippen LogP contribution is -2.29. The molecule has 1 saturated heterocycles. The van der Waals surface area contributed by atoms with Gasteiger partial charge in [0.1, 0.15) is 5.75 Å². The second-order valence-corrected chi connectivity index (χ2v) is 9.55. The fraction of sp³-hybridized carbons (Fsp3) is 0.207. The molecule has 2 aromatic heterocycles. The highest BCUT2D eigenvalue weighted by Gasteiger charge is 2.42. The Morgan fingerprint density at radius 3 is 2.57 bits per heavy atom. The van der Waals surface area contributed by atoms with Crippen LogP contribution >= 0.6 is 12.2 Å². The summed E-state index contributed by atoms with van der Waals surface area (Å²) in [4.78, 5) is 18.5. The lowest BCUT2D eigenvalue weighted by atomic mass is 9.96. The first-order valence-corrected chi connectivity index (χ1v) is 12.4. The molecule has 7 nitrogen and oxygen atoms in total. The van der Waals surface area contributed by atoms with Crippen molar-refractivity contribution >= 4 is 29.0 Å². The van der Waals surface area contributed by atoms with Crippen LogP contribution in [0.25, 0.3) is 5.69 Å². The second kappa shape index (κ2) is 9.71. The molecule has 0 aliphatic carbocycles. The van der Waals surface area contributed by atoms with Crippen LogP contribution in [0.3, 0.4) is 0 Å². The molecule has 1 aliphatic rings. The SMILES string of the molecule is COc1cccc(N2C(=S)N[C@H](c3ccccn3)[C@@H]2c2cc(C)n(-c3cc(C(=O)O)ccc3C)c2C)c1. The third kappa shape index (κ3) is 4.34. The number of nitrogens with zero attached hydrogens (tertiary/aromatic N) is 3. The van der Waals surface area contributed by atoms with Crippen molar-refractivity contribution in [3.8, 4) is 11.4 Å². The molecule has 5 rings (SSSR count). The Morgan fingerprint density at radius 1 is 1.05 bits per heavy atom. The van der Waals surface area contributed by atoms with Crippen molar-refractivity contribution in [2.24, 2.45) is 0 Å². The van der Waals surface area contributed by atoms with E-state index in [1.807, 2.05) is 62.4 Å². The monoisotopic (exact) mass is 512 g/mol. The number of benzene rings is 2. The van der Waals surface area contributed by atoms with E-state index in [9.17, 15) is 9.90 Å². The van der Waals surface area contributed by atoms with Crippen LogP contribution in [0.1, 0.15) is 50.7 Å². The first kappa shape index (κ1) is 24.5. The number of ether oxygens (including phenoxy) is 1. The van der Waals surface area contributed by atoms with Crippen LogP contribution in [0, 0.1) is 20.8 Å². The standard InChI is InChI=1S/C29H28N4O3S/c1-17-11-12-20(28(34)35)15-25(17)32-18(2)14-23(19(32)3)27-26(24-10-5-6-13-30-24)31-29(37)33(27)21-8-7-9-22(16-21)36-4/h5-16,26-27H,1-4H3,(H,31,37)(H,34,35)/t26-,27+/m1/s1. The van der Waals surface area contributed by atoms with E-state index < -0.39 is 5.97 Å². The molecule has 0 radical (unpaired) electrons. The number of hydrogen-bond acceptors (Lipinski definition) is 4. The summed E-state index contributed by atoms with van der Waals surface area (Å²) in [7, 11) is 1.65. The van der Waals surface area contributed by atoms with Gasteiger partial charge in [-0.2, -0.15) is 0 Å². The lowest BCUT2D eigenvalue weighted by molar-refractivity contribution is 0.0697. The highest BCUT2D eigenvalue weighted by atomic mass is 32.1. The van der Waals surface area contributed by atoms with Gasteiger partial charge in [-0.15, -0.1) is 0 Å². The molecule has 2 atom stereocenters. The number of aryl methyl sites for hydroxylation is 2. The smallest absolute Gasteiger partial charge is 0.335 e. The summed E-state index contributed by atoms with van der Waals surface area (Å²) < 4.78 is 7.62. The molecular weight excluding hydrogens is 484 g/mol. The van der Waals surface area contributed by atoms with Gasteiger partial charge in [0.05, 0.1) is 30.5 Å². The van der Waals surface area contributed by atoms with Gasteiger partial charge < -0.3 is 24.6 Å². The van der Waals surface area contributed by atoms with Crippen LogP contribution in [0.5, 0.6) is 5.75 Å². The number of carboxylic acids is 1. The zero-order valence-corrected chi connectivity index (χ0v) is 21.9. The normalized spacial score (nSPS) is 17.1. The minimum absolute atomic E-state index is 0.194. The summed E-state index contributed by atoms with van der Waals surface area (Å²) in [5.74, 6) is -0.208. The van der Waals surface area contributed by atoms with Gasteiger partial charge in [-0.05, 0) is 86.6 Å². The molecule has 0 amide bonds. The minimum Gasteiger partial charge on any atom is -0.497 e. The Kier molecular flexibility index (Phi) is 6.43. The van der Waals surface area contributed by atoms with Gasteiger partial charge >= 0.3 is 5.97 Å². The lowest BCUT2D eigenvalue weighted by Gasteiger charge is -2.28. The van der Waals surface area contributed by atoms with Gasteiger partial charge in [0.25, 0.3) is 0 Å². The van der Waals surface area contributed by atoms with Crippen LogP contribution in [0.4, 0.5) is 5.69 Å². The summed E-state index contributed by atoms with van der Waals surface area (Å²) >= 11 is 5.87. The fourth-order valence-electron chi connectivity index (χ4n) is 5.15. The molecule has 0 spiro atoms. The molecule has 3 heterocycles. The maximum atomic E-state index is 11.7. The van der Waals surface area contributed by atoms with Gasteiger partial charge in [-0.1, -0.05) is 18.2 Å². The Hall–Kier alpha value is -4.17. The molecule has 2 aromatic carbocycles. The van der Waals surface area contributed by atoms with Crippen molar-refractivity contribution in [2.75, 3.05) is 12.0 Å².